The zero-order valence-corrected chi connectivity index (χ0v) is 19.3. The number of ketones is 1. The molecule has 1 saturated carbocycles. The molecule has 1 fully saturated rings. The van der Waals surface area contributed by atoms with Gasteiger partial charge in [0.05, 0.1) is 20.8 Å². The molecule has 1 heterocycles. The second-order valence-corrected chi connectivity index (χ2v) is 9.51. The van der Waals surface area contributed by atoms with Gasteiger partial charge in [-0.2, -0.15) is 0 Å². The van der Waals surface area contributed by atoms with E-state index in [9.17, 15) is 9.59 Å². The summed E-state index contributed by atoms with van der Waals surface area (Å²) < 4.78 is 22.9. The number of ether oxygens (including phenoxy) is 3. The van der Waals surface area contributed by atoms with E-state index in [1.807, 2.05) is 19.9 Å². The van der Waals surface area contributed by atoms with Crippen LogP contribution in [0, 0.1) is 22.7 Å². The third-order valence-electron chi connectivity index (χ3n) is 7.45. The van der Waals surface area contributed by atoms with E-state index in [1.165, 1.54) is 13.2 Å². The van der Waals surface area contributed by atoms with Gasteiger partial charge in [-0.1, -0.05) is 39.0 Å². The van der Waals surface area contributed by atoms with E-state index < -0.39 is 11.0 Å². The van der Waals surface area contributed by atoms with Crippen LogP contribution in [0.1, 0.15) is 33.6 Å². The first-order valence-electron chi connectivity index (χ1n) is 10.9. The molecule has 170 valence electrons. The Morgan fingerprint density at radius 2 is 1.88 bits per heavy atom. The van der Waals surface area contributed by atoms with Gasteiger partial charge in [-0.15, -0.1) is 0 Å². The summed E-state index contributed by atoms with van der Waals surface area (Å²) in [5.41, 5.74) is 0.235. The third-order valence-corrected chi connectivity index (χ3v) is 7.45. The summed E-state index contributed by atoms with van der Waals surface area (Å²) in [6, 6.07) is 4.78. The smallest absolute Gasteiger partial charge is 0.336 e. The van der Waals surface area contributed by atoms with Crippen LogP contribution in [0.3, 0.4) is 0 Å². The van der Waals surface area contributed by atoms with Crippen molar-refractivity contribution in [1.29, 1.82) is 0 Å². The Balaban J connectivity index is 1.74. The van der Waals surface area contributed by atoms with Gasteiger partial charge in [0.2, 0.25) is 11.5 Å². The standard InChI is InChI=1S/C26H30O6/c1-15-7-9-19-25(2,3)20(27)11-12-26(19,4)17(15)14-31-23-18(29-5)13-16-8-10-21(28)32-22(16)24(23)30-6/h8,10-13,17,19H,1,7,9,14H2,2-6H3. The minimum Gasteiger partial charge on any atom is -0.493 e. The Kier molecular flexibility index (Phi) is 5.43. The number of hydrogen-bond acceptors (Lipinski definition) is 6. The molecule has 0 radical (unpaired) electrons. The Labute approximate surface area is 187 Å². The highest BCUT2D eigenvalue weighted by Gasteiger charge is 2.54. The Bertz CT molecular complexity index is 1170. The molecule has 0 aliphatic heterocycles. The molecule has 0 saturated heterocycles. The lowest BCUT2D eigenvalue weighted by Gasteiger charge is -2.54. The minimum atomic E-state index is -0.470. The minimum absolute atomic E-state index is 0.00207. The fourth-order valence-electron chi connectivity index (χ4n) is 5.59. The summed E-state index contributed by atoms with van der Waals surface area (Å²) in [5.74, 6) is 1.53. The summed E-state index contributed by atoms with van der Waals surface area (Å²) in [4.78, 5) is 24.4. The zero-order valence-electron chi connectivity index (χ0n) is 19.3. The van der Waals surface area contributed by atoms with Crippen LogP contribution in [0.4, 0.5) is 0 Å². The summed E-state index contributed by atoms with van der Waals surface area (Å²) in [6.45, 7) is 10.9. The Hall–Kier alpha value is -3.02. The van der Waals surface area contributed by atoms with Gasteiger partial charge in [-0.25, -0.2) is 4.79 Å². The van der Waals surface area contributed by atoms with Crippen LogP contribution >= 0.6 is 0 Å². The van der Waals surface area contributed by atoms with Gasteiger partial charge in [0, 0.05) is 22.8 Å². The second-order valence-electron chi connectivity index (χ2n) is 9.51. The first-order chi connectivity index (χ1) is 15.1. The van der Waals surface area contributed by atoms with E-state index in [4.69, 9.17) is 18.6 Å². The monoisotopic (exact) mass is 438 g/mol. The van der Waals surface area contributed by atoms with Crippen LogP contribution in [0.5, 0.6) is 17.2 Å². The van der Waals surface area contributed by atoms with Crippen molar-refractivity contribution in [2.75, 3.05) is 20.8 Å². The maximum atomic E-state index is 12.6. The number of hydrogen-bond donors (Lipinski definition) is 0. The van der Waals surface area contributed by atoms with Crippen molar-refractivity contribution in [3.8, 4) is 17.2 Å². The van der Waals surface area contributed by atoms with Gasteiger partial charge in [-0.3, -0.25) is 4.79 Å². The van der Waals surface area contributed by atoms with E-state index in [2.05, 4.69) is 13.5 Å². The maximum Gasteiger partial charge on any atom is 0.336 e. The van der Waals surface area contributed by atoms with Crippen LogP contribution in [0.25, 0.3) is 11.0 Å². The van der Waals surface area contributed by atoms with Crippen molar-refractivity contribution in [2.24, 2.45) is 22.7 Å². The average molecular weight is 439 g/mol. The lowest BCUT2D eigenvalue weighted by molar-refractivity contribution is -0.131. The van der Waals surface area contributed by atoms with Gasteiger partial charge in [0.1, 0.15) is 0 Å². The summed E-state index contributed by atoms with van der Waals surface area (Å²) in [5, 5.41) is 0.676. The third kappa shape index (κ3) is 3.33. The lowest BCUT2D eigenvalue weighted by Crippen LogP contribution is -2.52. The van der Waals surface area contributed by atoms with E-state index >= 15 is 0 Å². The predicted molar refractivity (Wildman–Crippen MR) is 122 cm³/mol. The lowest BCUT2D eigenvalue weighted by atomic mass is 9.50. The maximum absolute atomic E-state index is 12.6. The van der Waals surface area contributed by atoms with Crippen molar-refractivity contribution in [2.45, 2.75) is 33.6 Å². The number of carbonyl (C=O) groups excluding carboxylic acids is 1. The molecular weight excluding hydrogens is 408 g/mol. The largest absolute Gasteiger partial charge is 0.493 e. The average Bonchev–Trinajstić information content (AvgIpc) is 2.75. The van der Waals surface area contributed by atoms with E-state index in [-0.39, 0.29) is 23.0 Å². The fraction of sp³-hybridized carbons (Fsp3) is 0.462. The predicted octanol–water partition coefficient (Wildman–Crippen LogP) is 4.94. The van der Waals surface area contributed by atoms with Crippen LogP contribution in [-0.2, 0) is 4.79 Å². The summed E-state index contributed by atoms with van der Waals surface area (Å²) in [6.07, 6.45) is 5.52. The normalized spacial score (nSPS) is 26.7. The van der Waals surface area contributed by atoms with Crippen molar-refractivity contribution >= 4 is 16.8 Å². The summed E-state index contributed by atoms with van der Waals surface area (Å²) in [7, 11) is 3.06. The molecule has 32 heavy (non-hydrogen) atoms. The molecule has 3 atom stereocenters. The number of methoxy groups -OCH3 is 2. The van der Waals surface area contributed by atoms with Crippen molar-refractivity contribution in [3.63, 3.8) is 0 Å². The first kappa shape index (κ1) is 22.2. The van der Waals surface area contributed by atoms with Crippen LogP contribution in [0.15, 0.2) is 51.7 Å². The van der Waals surface area contributed by atoms with E-state index in [0.717, 1.165) is 18.4 Å². The molecule has 2 aliphatic carbocycles. The molecule has 1 aromatic carbocycles. The molecule has 2 aromatic rings. The Morgan fingerprint density at radius 3 is 2.56 bits per heavy atom. The number of fused-ring (bicyclic) bond motifs is 2. The highest BCUT2D eigenvalue weighted by molar-refractivity contribution is 5.95. The molecule has 0 N–H and O–H groups in total. The van der Waals surface area contributed by atoms with Gasteiger partial charge in [-0.05, 0) is 42.4 Å². The highest BCUT2D eigenvalue weighted by atomic mass is 16.5. The molecule has 0 bridgehead atoms. The van der Waals surface area contributed by atoms with E-state index in [1.54, 1.807) is 25.3 Å². The fourth-order valence-corrected chi connectivity index (χ4v) is 5.59. The van der Waals surface area contributed by atoms with Crippen molar-refractivity contribution in [1.82, 2.24) is 0 Å². The molecule has 1 aromatic heterocycles. The second kappa shape index (κ2) is 7.84. The van der Waals surface area contributed by atoms with Gasteiger partial charge in [0.15, 0.2) is 17.1 Å². The highest BCUT2D eigenvalue weighted by Crippen LogP contribution is 2.57. The molecule has 6 nitrogen and oxygen atoms in total. The van der Waals surface area contributed by atoms with Crippen LogP contribution in [-0.4, -0.2) is 26.6 Å². The topological polar surface area (TPSA) is 75.0 Å². The van der Waals surface area contributed by atoms with Gasteiger partial charge >= 0.3 is 5.63 Å². The SMILES string of the molecule is C=C1CCC2C(C)(C)C(=O)C=CC2(C)C1COc1c(OC)cc2ccc(=O)oc2c1OC. The Morgan fingerprint density at radius 1 is 1.12 bits per heavy atom. The first-order valence-corrected chi connectivity index (χ1v) is 10.9. The number of allylic oxidation sites excluding steroid dienone is 2. The van der Waals surface area contributed by atoms with Gasteiger partial charge < -0.3 is 18.6 Å². The van der Waals surface area contributed by atoms with Gasteiger partial charge in [0.25, 0.3) is 0 Å². The molecular formula is C26H30O6. The number of rotatable bonds is 5. The van der Waals surface area contributed by atoms with Crippen LogP contribution in [0.2, 0.25) is 0 Å². The molecule has 0 amide bonds. The quantitative estimate of drug-likeness (QED) is 0.486. The van der Waals surface area contributed by atoms with E-state index in [0.29, 0.717) is 34.8 Å². The number of carbonyl (C=O) groups is 1. The molecule has 6 heteroatoms. The number of benzene rings is 1. The molecule has 0 spiro atoms. The van der Waals surface area contributed by atoms with Crippen molar-refractivity contribution in [3.05, 3.63) is 52.9 Å². The zero-order chi connectivity index (χ0) is 23.3. The van der Waals surface area contributed by atoms with Crippen molar-refractivity contribution < 1.29 is 23.4 Å². The summed E-state index contributed by atoms with van der Waals surface area (Å²) >= 11 is 0. The molecule has 3 unspecified atom stereocenters. The molecule has 4 rings (SSSR count). The molecule has 2 aliphatic rings. The van der Waals surface area contributed by atoms with Crippen LogP contribution < -0.4 is 19.8 Å².